The van der Waals surface area contributed by atoms with E-state index in [4.69, 9.17) is 14.9 Å². The number of carbonyl (C=O) groups excluding carboxylic acids is 1. The molecule has 128 valence electrons. The minimum atomic E-state index is -0.297. The van der Waals surface area contributed by atoms with Gasteiger partial charge in [-0.2, -0.15) is 0 Å². The molecule has 3 N–H and O–H groups in total. The minimum Gasteiger partial charge on any atom is -0.451 e. The summed E-state index contributed by atoms with van der Waals surface area (Å²) in [4.78, 5) is 14.6. The molecule has 0 atom stereocenters. The summed E-state index contributed by atoms with van der Waals surface area (Å²) in [6.07, 6.45) is 0. The van der Waals surface area contributed by atoms with Crippen molar-refractivity contribution in [3.05, 3.63) is 54.3 Å². The lowest BCUT2D eigenvalue weighted by molar-refractivity contribution is 0.0998. The van der Waals surface area contributed by atoms with Crippen molar-refractivity contribution >= 4 is 33.9 Å². The number of para-hydroxylation sites is 1. The zero-order valence-corrected chi connectivity index (χ0v) is 13.7. The number of furan rings is 1. The van der Waals surface area contributed by atoms with Crippen LogP contribution in [0.4, 0.5) is 17.1 Å². The summed E-state index contributed by atoms with van der Waals surface area (Å²) in [5.41, 5.74) is 9.09. The van der Waals surface area contributed by atoms with Crippen molar-refractivity contribution in [3.8, 4) is 0 Å². The Balaban J connectivity index is 1.52. The Labute approximate surface area is 145 Å². The number of morpholine rings is 1. The van der Waals surface area contributed by atoms with Gasteiger partial charge in [-0.15, -0.1) is 0 Å². The number of hydrogen-bond donors (Lipinski definition) is 2. The zero-order chi connectivity index (χ0) is 17.2. The van der Waals surface area contributed by atoms with Crippen LogP contribution in [0.5, 0.6) is 0 Å². The third kappa shape index (κ3) is 3.16. The van der Waals surface area contributed by atoms with Gasteiger partial charge in [0, 0.05) is 24.2 Å². The third-order valence-corrected chi connectivity index (χ3v) is 4.29. The van der Waals surface area contributed by atoms with Crippen LogP contribution in [0.2, 0.25) is 0 Å². The highest BCUT2D eigenvalue weighted by Crippen LogP contribution is 2.28. The number of nitrogens with zero attached hydrogens (tertiary/aromatic N) is 1. The highest BCUT2D eigenvalue weighted by atomic mass is 16.5. The van der Waals surface area contributed by atoms with Crippen LogP contribution in [-0.2, 0) is 4.74 Å². The second-order valence-electron chi connectivity index (χ2n) is 5.98. The van der Waals surface area contributed by atoms with Gasteiger partial charge < -0.3 is 25.1 Å². The quantitative estimate of drug-likeness (QED) is 0.718. The molecule has 0 saturated carbocycles. The lowest BCUT2D eigenvalue weighted by atomic mass is 10.2. The van der Waals surface area contributed by atoms with E-state index in [2.05, 4.69) is 10.2 Å². The molecule has 3 aromatic rings. The number of nitrogen functional groups attached to an aromatic ring is 1. The Hall–Kier alpha value is -2.99. The van der Waals surface area contributed by atoms with Crippen LogP contribution in [0.3, 0.4) is 0 Å². The first-order valence-electron chi connectivity index (χ1n) is 8.23. The molecule has 25 heavy (non-hydrogen) atoms. The largest absolute Gasteiger partial charge is 0.451 e. The normalized spacial score (nSPS) is 14.6. The molecule has 2 heterocycles. The first-order chi connectivity index (χ1) is 12.2. The van der Waals surface area contributed by atoms with Crippen LogP contribution in [0, 0.1) is 0 Å². The molecule has 6 heteroatoms. The van der Waals surface area contributed by atoms with E-state index < -0.39 is 0 Å². The van der Waals surface area contributed by atoms with Crippen molar-refractivity contribution in [2.75, 3.05) is 42.3 Å². The molecule has 4 rings (SSSR count). The van der Waals surface area contributed by atoms with Gasteiger partial charge in [-0.3, -0.25) is 4.79 Å². The Kier molecular flexibility index (Phi) is 4.03. The number of fused-ring (bicyclic) bond motifs is 1. The second kappa shape index (κ2) is 6.49. The Morgan fingerprint density at radius 2 is 1.88 bits per heavy atom. The third-order valence-electron chi connectivity index (χ3n) is 4.29. The number of rotatable bonds is 3. The highest BCUT2D eigenvalue weighted by molar-refractivity contribution is 6.05. The molecule has 0 radical (unpaired) electrons. The fraction of sp³-hybridized carbons (Fsp3) is 0.211. The summed E-state index contributed by atoms with van der Waals surface area (Å²) in [6.45, 7) is 3.03. The summed E-state index contributed by atoms with van der Waals surface area (Å²) < 4.78 is 10.9. The highest BCUT2D eigenvalue weighted by Gasteiger charge is 2.16. The number of amides is 1. The summed E-state index contributed by atoms with van der Waals surface area (Å²) >= 11 is 0. The minimum absolute atomic E-state index is 0.275. The van der Waals surface area contributed by atoms with E-state index in [-0.39, 0.29) is 11.7 Å². The van der Waals surface area contributed by atoms with E-state index in [9.17, 15) is 4.79 Å². The van der Waals surface area contributed by atoms with Crippen LogP contribution in [-0.4, -0.2) is 32.2 Å². The van der Waals surface area contributed by atoms with Gasteiger partial charge in [0.2, 0.25) is 0 Å². The maximum Gasteiger partial charge on any atom is 0.291 e. The van der Waals surface area contributed by atoms with E-state index in [1.807, 2.05) is 36.4 Å². The predicted molar refractivity (Wildman–Crippen MR) is 98.1 cm³/mol. The number of carbonyl (C=O) groups is 1. The second-order valence-corrected chi connectivity index (χ2v) is 5.98. The van der Waals surface area contributed by atoms with Gasteiger partial charge in [-0.25, -0.2) is 0 Å². The molecule has 6 nitrogen and oxygen atoms in total. The number of hydrogen-bond acceptors (Lipinski definition) is 5. The molecule has 0 bridgehead atoms. The van der Waals surface area contributed by atoms with Crippen molar-refractivity contribution in [1.82, 2.24) is 0 Å². The number of nitrogens with one attached hydrogen (secondary N) is 1. The lowest BCUT2D eigenvalue weighted by Crippen LogP contribution is -2.36. The number of benzene rings is 2. The molecule has 1 aliphatic rings. The van der Waals surface area contributed by atoms with Gasteiger partial charge in [0.1, 0.15) is 5.58 Å². The summed E-state index contributed by atoms with van der Waals surface area (Å²) in [6, 6.07) is 14.8. The fourth-order valence-corrected chi connectivity index (χ4v) is 3.01. The topological polar surface area (TPSA) is 80.7 Å². The van der Waals surface area contributed by atoms with Crippen molar-refractivity contribution in [2.45, 2.75) is 0 Å². The smallest absolute Gasteiger partial charge is 0.291 e. The van der Waals surface area contributed by atoms with Crippen LogP contribution < -0.4 is 16.0 Å². The van der Waals surface area contributed by atoms with E-state index in [1.165, 1.54) is 0 Å². The Morgan fingerprint density at radius 1 is 1.08 bits per heavy atom. The first kappa shape index (κ1) is 15.5. The molecule has 0 aliphatic carbocycles. The molecule has 1 saturated heterocycles. The van der Waals surface area contributed by atoms with Gasteiger partial charge in [-0.05, 0) is 30.3 Å². The fourth-order valence-electron chi connectivity index (χ4n) is 3.01. The molecule has 1 amide bonds. The Bertz CT molecular complexity index is 880. The van der Waals surface area contributed by atoms with Crippen molar-refractivity contribution in [2.24, 2.45) is 0 Å². The van der Waals surface area contributed by atoms with E-state index in [1.54, 1.807) is 12.1 Å². The molecule has 1 aromatic heterocycles. The van der Waals surface area contributed by atoms with Crippen molar-refractivity contribution < 1.29 is 13.9 Å². The van der Waals surface area contributed by atoms with Crippen molar-refractivity contribution in [3.63, 3.8) is 0 Å². The molecular weight excluding hydrogens is 318 g/mol. The van der Waals surface area contributed by atoms with Gasteiger partial charge in [0.25, 0.3) is 5.91 Å². The molecule has 1 aliphatic heterocycles. The van der Waals surface area contributed by atoms with Crippen LogP contribution in [0.25, 0.3) is 11.0 Å². The van der Waals surface area contributed by atoms with Crippen LogP contribution >= 0.6 is 0 Å². The van der Waals surface area contributed by atoms with E-state index in [0.717, 1.165) is 24.2 Å². The van der Waals surface area contributed by atoms with Crippen molar-refractivity contribution in [1.29, 1.82) is 0 Å². The number of anilines is 3. The standard InChI is InChI=1S/C19H19N3O3/c20-15-12-14(5-6-16(15)22-7-9-24-10-8-22)21-19(23)18-11-13-3-1-2-4-17(13)25-18/h1-6,11-12H,7-10,20H2,(H,21,23). The van der Waals surface area contributed by atoms with Gasteiger partial charge in [-0.1, -0.05) is 18.2 Å². The maximum absolute atomic E-state index is 12.4. The molecule has 0 unspecified atom stereocenters. The molecular formula is C19H19N3O3. The number of nitrogens with two attached hydrogens (primary N) is 1. The van der Waals surface area contributed by atoms with Gasteiger partial charge in [0.05, 0.1) is 24.6 Å². The monoisotopic (exact) mass is 337 g/mol. The predicted octanol–water partition coefficient (Wildman–Crippen LogP) is 3.10. The Morgan fingerprint density at radius 3 is 2.64 bits per heavy atom. The summed E-state index contributed by atoms with van der Waals surface area (Å²) in [7, 11) is 0. The zero-order valence-electron chi connectivity index (χ0n) is 13.7. The maximum atomic E-state index is 12.4. The lowest BCUT2D eigenvalue weighted by Gasteiger charge is -2.30. The van der Waals surface area contributed by atoms with Gasteiger partial charge in [0.15, 0.2) is 5.76 Å². The summed E-state index contributed by atoms with van der Waals surface area (Å²) in [5, 5.41) is 3.73. The average Bonchev–Trinajstić information content (AvgIpc) is 3.07. The summed E-state index contributed by atoms with van der Waals surface area (Å²) in [5.74, 6) is -0.0215. The average molecular weight is 337 g/mol. The van der Waals surface area contributed by atoms with E-state index >= 15 is 0 Å². The van der Waals surface area contributed by atoms with Crippen LogP contribution in [0.15, 0.2) is 52.9 Å². The molecule has 2 aromatic carbocycles. The van der Waals surface area contributed by atoms with Crippen LogP contribution in [0.1, 0.15) is 10.6 Å². The molecule has 1 fully saturated rings. The number of ether oxygens (including phenoxy) is 1. The molecule has 0 spiro atoms. The van der Waals surface area contributed by atoms with Gasteiger partial charge >= 0.3 is 0 Å². The first-order valence-corrected chi connectivity index (χ1v) is 8.23. The van der Waals surface area contributed by atoms with E-state index in [0.29, 0.717) is 30.2 Å². The SMILES string of the molecule is Nc1cc(NC(=O)c2cc3ccccc3o2)ccc1N1CCOCC1.